The lowest BCUT2D eigenvalue weighted by Gasteiger charge is -2.36. The summed E-state index contributed by atoms with van der Waals surface area (Å²) in [5.74, 6) is -0.653. The van der Waals surface area contributed by atoms with Gasteiger partial charge in [0.1, 0.15) is 6.54 Å². The van der Waals surface area contributed by atoms with Crippen molar-refractivity contribution in [2.24, 2.45) is 0 Å². The van der Waals surface area contributed by atoms with E-state index in [1.54, 1.807) is 11.8 Å². The summed E-state index contributed by atoms with van der Waals surface area (Å²) in [7, 11) is 0. The molecule has 0 spiro atoms. The first-order valence-electron chi connectivity index (χ1n) is 6.05. The van der Waals surface area contributed by atoms with Gasteiger partial charge in [0.05, 0.1) is 12.6 Å². The maximum atomic E-state index is 11.9. The third-order valence-electron chi connectivity index (χ3n) is 3.05. The Labute approximate surface area is 104 Å². The molecule has 1 amide bonds. The van der Waals surface area contributed by atoms with Gasteiger partial charge in [-0.1, -0.05) is 6.42 Å². The van der Waals surface area contributed by atoms with Crippen molar-refractivity contribution in [2.45, 2.75) is 44.5 Å². The maximum absolute atomic E-state index is 11.9. The quantitative estimate of drug-likeness (QED) is 0.796. The monoisotopic (exact) mass is 268 g/mol. The van der Waals surface area contributed by atoms with Crippen molar-refractivity contribution >= 4 is 5.91 Å². The number of amides is 1. The summed E-state index contributed by atoms with van der Waals surface area (Å²) in [6, 6.07) is -0.143. The number of aliphatic hydroxyl groups is 1. The first-order valence-corrected chi connectivity index (χ1v) is 6.05. The van der Waals surface area contributed by atoms with E-state index in [9.17, 15) is 23.1 Å². The van der Waals surface area contributed by atoms with Crippen molar-refractivity contribution in [1.29, 1.82) is 0 Å². The second-order valence-electron chi connectivity index (χ2n) is 4.67. The first kappa shape index (κ1) is 15.2. The minimum atomic E-state index is -4.39. The second kappa shape index (κ2) is 6.38. The third kappa shape index (κ3) is 5.22. The van der Waals surface area contributed by atoms with Gasteiger partial charge in [0.15, 0.2) is 0 Å². The van der Waals surface area contributed by atoms with E-state index in [0.29, 0.717) is 6.54 Å². The predicted octanol–water partition coefficient (Wildman–Crippen LogP) is 0.900. The van der Waals surface area contributed by atoms with Gasteiger partial charge in [-0.05, 0) is 26.3 Å². The number of aliphatic hydroxyl groups excluding tert-OH is 1. The number of alkyl halides is 3. The summed E-state index contributed by atoms with van der Waals surface area (Å²) in [5, 5.41) is 11.4. The molecule has 7 heteroatoms. The Morgan fingerprint density at radius 2 is 2.17 bits per heavy atom. The summed E-state index contributed by atoms with van der Waals surface area (Å²) in [6.45, 7) is 0.871. The molecular formula is C11H19F3N2O2. The first-order chi connectivity index (χ1) is 8.29. The Balaban J connectivity index is 2.41. The van der Waals surface area contributed by atoms with Gasteiger partial charge in [-0.15, -0.1) is 0 Å². The lowest BCUT2D eigenvalue weighted by Crippen LogP contribution is -2.50. The molecule has 2 N–H and O–H groups in total. The largest absolute Gasteiger partial charge is 0.405 e. The number of carbonyl (C=O) groups excluding carboxylic acids is 1. The number of likely N-dealkylation sites (tertiary alicyclic amines) is 1. The molecular weight excluding hydrogens is 249 g/mol. The van der Waals surface area contributed by atoms with Crippen LogP contribution in [0.3, 0.4) is 0 Å². The van der Waals surface area contributed by atoms with E-state index in [4.69, 9.17) is 0 Å². The van der Waals surface area contributed by atoms with E-state index in [-0.39, 0.29) is 12.6 Å². The number of carbonyl (C=O) groups is 1. The zero-order chi connectivity index (χ0) is 13.8. The van der Waals surface area contributed by atoms with E-state index >= 15 is 0 Å². The summed E-state index contributed by atoms with van der Waals surface area (Å²) in [5.41, 5.74) is 0. The third-order valence-corrected chi connectivity index (χ3v) is 3.05. The van der Waals surface area contributed by atoms with Gasteiger partial charge >= 0.3 is 6.18 Å². The Morgan fingerprint density at radius 3 is 2.72 bits per heavy atom. The van der Waals surface area contributed by atoms with Crippen LogP contribution in [0.2, 0.25) is 0 Å². The molecule has 1 rings (SSSR count). The number of piperidine rings is 1. The van der Waals surface area contributed by atoms with Crippen molar-refractivity contribution in [3.8, 4) is 0 Å². The zero-order valence-electron chi connectivity index (χ0n) is 10.3. The number of nitrogens with one attached hydrogen (secondary N) is 1. The standard InChI is InChI=1S/C11H19F3N2O2/c1-8(17)9-4-2-3-5-16(9)6-10(18)15-7-11(12,13)14/h8-9,17H,2-7H2,1H3,(H,15,18). The van der Waals surface area contributed by atoms with Gasteiger partial charge < -0.3 is 10.4 Å². The fourth-order valence-corrected chi connectivity index (χ4v) is 2.20. The summed E-state index contributed by atoms with van der Waals surface area (Å²) in [4.78, 5) is 13.1. The Bertz CT molecular complexity index is 282. The molecule has 1 aliphatic heterocycles. The molecule has 1 aliphatic rings. The molecule has 1 saturated heterocycles. The highest BCUT2D eigenvalue weighted by atomic mass is 19.4. The molecule has 0 saturated carbocycles. The normalized spacial score (nSPS) is 23.7. The molecule has 0 aliphatic carbocycles. The van der Waals surface area contributed by atoms with Crippen molar-refractivity contribution < 1.29 is 23.1 Å². The number of hydrogen-bond acceptors (Lipinski definition) is 3. The van der Waals surface area contributed by atoms with Crippen LogP contribution in [-0.4, -0.2) is 53.9 Å². The van der Waals surface area contributed by atoms with Gasteiger partial charge in [-0.25, -0.2) is 0 Å². The minimum absolute atomic E-state index is 0.0916. The average molecular weight is 268 g/mol. The fourth-order valence-electron chi connectivity index (χ4n) is 2.20. The van der Waals surface area contributed by atoms with Crippen LogP contribution in [0.5, 0.6) is 0 Å². The maximum Gasteiger partial charge on any atom is 0.405 e. The van der Waals surface area contributed by atoms with Gasteiger partial charge in [-0.3, -0.25) is 9.69 Å². The van der Waals surface area contributed by atoms with E-state index in [0.717, 1.165) is 19.3 Å². The van der Waals surface area contributed by atoms with Crippen LogP contribution in [0.4, 0.5) is 13.2 Å². The highest BCUT2D eigenvalue weighted by molar-refractivity contribution is 5.78. The van der Waals surface area contributed by atoms with Crippen LogP contribution < -0.4 is 5.32 Å². The highest BCUT2D eigenvalue weighted by Gasteiger charge is 2.30. The topological polar surface area (TPSA) is 52.6 Å². The molecule has 0 aromatic rings. The van der Waals surface area contributed by atoms with Crippen LogP contribution in [0.15, 0.2) is 0 Å². The van der Waals surface area contributed by atoms with Gasteiger partial charge in [0, 0.05) is 6.04 Å². The molecule has 1 fully saturated rings. The molecule has 18 heavy (non-hydrogen) atoms. The molecule has 2 atom stereocenters. The van der Waals surface area contributed by atoms with Crippen LogP contribution in [-0.2, 0) is 4.79 Å². The molecule has 0 radical (unpaired) electrons. The minimum Gasteiger partial charge on any atom is -0.392 e. The summed E-state index contributed by atoms with van der Waals surface area (Å²) in [6.07, 6.45) is -2.34. The van der Waals surface area contributed by atoms with Crippen LogP contribution >= 0.6 is 0 Å². The van der Waals surface area contributed by atoms with Gasteiger partial charge in [0.25, 0.3) is 0 Å². The Hall–Kier alpha value is -0.820. The molecule has 1 heterocycles. The van der Waals surface area contributed by atoms with Crippen molar-refractivity contribution in [3.63, 3.8) is 0 Å². The second-order valence-corrected chi connectivity index (χ2v) is 4.67. The Morgan fingerprint density at radius 1 is 1.50 bits per heavy atom. The molecule has 4 nitrogen and oxygen atoms in total. The highest BCUT2D eigenvalue weighted by Crippen LogP contribution is 2.19. The summed E-state index contributed by atoms with van der Waals surface area (Å²) < 4.78 is 35.8. The van der Waals surface area contributed by atoms with E-state index in [2.05, 4.69) is 0 Å². The van der Waals surface area contributed by atoms with Gasteiger partial charge in [-0.2, -0.15) is 13.2 Å². The Kier molecular flexibility index (Phi) is 5.40. The van der Waals surface area contributed by atoms with Crippen molar-refractivity contribution in [3.05, 3.63) is 0 Å². The van der Waals surface area contributed by atoms with E-state index < -0.39 is 24.7 Å². The molecule has 106 valence electrons. The van der Waals surface area contributed by atoms with Crippen molar-refractivity contribution in [2.75, 3.05) is 19.6 Å². The smallest absolute Gasteiger partial charge is 0.392 e. The fraction of sp³-hybridized carbons (Fsp3) is 0.909. The van der Waals surface area contributed by atoms with E-state index in [1.807, 2.05) is 5.32 Å². The predicted molar refractivity (Wildman–Crippen MR) is 60.0 cm³/mol. The van der Waals surface area contributed by atoms with Gasteiger partial charge in [0.2, 0.25) is 5.91 Å². The lowest BCUT2D eigenvalue weighted by atomic mass is 9.98. The lowest BCUT2D eigenvalue weighted by molar-refractivity contribution is -0.139. The average Bonchev–Trinajstić information content (AvgIpc) is 2.26. The van der Waals surface area contributed by atoms with E-state index in [1.165, 1.54) is 0 Å². The molecule has 0 aromatic carbocycles. The number of rotatable bonds is 4. The van der Waals surface area contributed by atoms with Crippen LogP contribution in [0, 0.1) is 0 Å². The molecule has 2 unspecified atom stereocenters. The zero-order valence-corrected chi connectivity index (χ0v) is 10.3. The van der Waals surface area contributed by atoms with Crippen LogP contribution in [0.25, 0.3) is 0 Å². The summed E-state index contributed by atoms with van der Waals surface area (Å²) >= 11 is 0. The SMILES string of the molecule is CC(O)C1CCCCN1CC(=O)NCC(F)(F)F. The van der Waals surface area contributed by atoms with Crippen molar-refractivity contribution in [1.82, 2.24) is 10.2 Å². The molecule has 0 aromatic heterocycles. The molecule has 0 bridgehead atoms. The number of halogens is 3. The number of hydrogen-bond donors (Lipinski definition) is 2. The van der Waals surface area contributed by atoms with Crippen LogP contribution in [0.1, 0.15) is 26.2 Å². The number of nitrogens with zero attached hydrogens (tertiary/aromatic N) is 1.